The molecule has 0 radical (unpaired) electrons. The van der Waals surface area contributed by atoms with Crippen molar-refractivity contribution in [3.05, 3.63) is 46.8 Å². The highest BCUT2D eigenvalue weighted by Crippen LogP contribution is 2.36. The molecule has 10 heteroatoms. The fourth-order valence-electron chi connectivity index (χ4n) is 4.66. The van der Waals surface area contributed by atoms with E-state index in [1.54, 1.807) is 6.08 Å². The molecular weight excluding hydrogens is 447 g/mol. The number of piperidine rings is 2. The van der Waals surface area contributed by atoms with Crippen molar-refractivity contribution >= 4 is 5.70 Å². The molecule has 0 amide bonds. The summed E-state index contributed by atoms with van der Waals surface area (Å²) >= 11 is 0. The summed E-state index contributed by atoms with van der Waals surface area (Å²) in [6.07, 6.45) is 2.08. The lowest BCUT2D eigenvalue weighted by atomic mass is 10.0. The molecule has 7 nitrogen and oxygen atoms in total. The lowest BCUT2D eigenvalue weighted by molar-refractivity contribution is -0.137. The van der Waals surface area contributed by atoms with Gasteiger partial charge in [-0.3, -0.25) is 0 Å². The summed E-state index contributed by atoms with van der Waals surface area (Å²) in [4.78, 5) is 4.80. The van der Waals surface area contributed by atoms with Crippen LogP contribution in [0.1, 0.15) is 42.4 Å². The number of rotatable bonds is 7. The number of aliphatic hydroxyl groups is 1. The van der Waals surface area contributed by atoms with E-state index in [2.05, 4.69) is 15.1 Å². The van der Waals surface area contributed by atoms with Gasteiger partial charge in [0.1, 0.15) is 5.75 Å². The van der Waals surface area contributed by atoms with E-state index in [-0.39, 0.29) is 29.0 Å². The minimum atomic E-state index is -4.54. The molecule has 2 aliphatic rings. The van der Waals surface area contributed by atoms with Crippen LogP contribution in [0.25, 0.3) is 5.70 Å². The van der Waals surface area contributed by atoms with Crippen LogP contribution in [0.4, 0.5) is 13.2 Å². The number of halogens is 3. The van der Waals surface area contributed by atoms with Gasteiger partial charge in [-0.05, 0) is 69.0 Å². The number of alkyl halides is 3. The van der Waals surface area contributed by atoms with E-state index in [9.17, 15) is 23.4 Å². The molecule has 0 saturated carbocycles. The monoisotopic (exact) mass is 483 g/mol. The van der Waals surface area contributed by atoms with Crippen LogP contribution in [0, 0.1) is 6.92 Å². The molecular formula is C24H36F3N5O2. The van der Waals surface area contributed by atoms with Crippen LogP contribution in [0.5, 0.6) is 5.75 Å². The highest BCUT2D eigenvalue weighted by molar-refractivity contribution is 5.72. The number of allylic oxidation sites excluding steroid dienone is 2. The van der Waals surface area contributed by atoms with Gasteiger partial charge in [-0.1, -0.05) is 0 Å². The third-order valence-corrected chi connectivity index (χ3v) is 6.54. The Hall–Kier alpha value is -2.43. The topological polar surface area (TPSA) is 111 Å². The van der Waals surface area contributed by atoms with Crippen LogP contribution in [0.2, 0.25) is 0 Å². The average Bonchev–Trinajstić information content (AvgIpc) is 2.76. The van der Waals surface area contributed by atoms with Crippen LogP contribution in [-0.2, 0) is 6.18 Å². The van der Waals surface area contributed by atoms with E-state index in [0.717, 1.165) is 71.0 Å². The molecule has 0 aliphatic carbocycles. The zero-order chi connectivity index (χ0) is 24.9. The minimum absolute atomic E-state index is 0.130. The van der Waals surface area contributed by atoms with Gasteiger partial charge < -0.3 is 36.8 Å². The molecule has 3 rings (SSSR count). The number of nitrogens with two attached hydrogens (primary N) is 2. The van der Waals surface area contributed by atoms with E-state index in [0.29, 0.717) is 11.9 Å². The molecule has 0 bridgehead atoms. The Bertz CT molecular complexity index is 872. The summed E-state index contributed by atoms with van der Waals surface area (Å²) in [5.74, 6) is -0.115. The molecule has 2 heterocycles. The maximum absolute atomic E-state index is 12.9. The molecule has 2 aliphatic heterocycles. The van der Waals surface area contributed by atoms with Gasteiger partial charge in [-0.2, -0.15) is 13.2 Å². The third-order valence-electron chi connectivity index (χ3n) is 6.54. The van der Waals surface area contributed by atoms with Crippen molar-refractivity contribution in [1.29, 1.82) is 0 Å². The lowest BCUT2D eigenvalue weighted by Gasteiger charge is -2.36. The van der Waals surface area contributed by atoms with Crippen molar-refractivity contribution in [2.75, 3.05) is 39.3 Å². The van der Waals surface area contributed by atoms with Crippen molar-refractivity contribution in [2.24, 2.45) is 11.5 Å². The number of hydrogen-bond acceptors (Lipinski definition) is 7. The first-order chi connectivity index (χ1) is 16.0. The standard InChI is InChI=1S/C24H36F3N5O2/c1-16-13-17(24(25,26)27)14-21(34)23(16)20(28)4-5-22(29)30-18-3-2-8-32(15-18)12-11-31-9-6-19(33)7-10-31/h4-5,13-14,18-19,30,33-34H,2-3,6-12,15,28-29H2,1H3/b20-4-,22-5+. The van der Waals surface area contributed by atoms with Gasteiger partial charge in [-0.15, -0.1) is 0 Å². The molecule has 1 atom stereocenters. The van der Waals surface area contributed by atoms with E-state index in [1.807, 2.05) is 0 Å². The molecule has 1 aromatic rings. The van der Waals surface area contributed by atoms with Crippen molar-refractivity contribution < 1.29 is 23.4 Å². The number of phenolic OH excluding ortho intramolecular Hbond substituents is 1. The van der Waals surface area contributed by atoms with E-state index in [1.165, 1.54) is 13.0 Å². The molecule has 190 valence electrons. The Morgan fingerprint density at radius 2 is 1.76 bits per heavy atom. The van der Waals surface area contributed by atoms with Crippen LogP contribution >= 0.6 is 0 Å². The van der Waals surface area contributed by atoms with Gasteiger partial charge in [0.25, 0.3) is 0 Å². The maximum atomic E-state index is 12.9. The number of aryl methyl sites for hydroxylation is 1. The van der Waals surface area contributed by atoms with Crippen molar-refractivity contribution in [3.63, 3.8) is 0 Å². The Kier molecular flexibility index (Phi) is 8.72. The second kappa shape index (κ2) is 11.3. The molecule has 0 spiro atoms. The van der Waals surface area contributed by atoms with E-state index >= 15 is 0 Å². The summed E-state index contributed by atoms with van der Waals surface area (Å²) in [7, 11) is 0. The van der Waals surface area contributed by atoms with Crippen LogP contribution in [0.3, 0.4) is 0 Å². The molecule has 1 unspecified atom stereocenters. The third kappa shape index (κ3) is 7.28. The normalized spacial score (nSPS) is 22.2. The zero-order valence-electron chi connectivity index (χ0n) is 19.6. The van der Waals surface area contributed by atoms with E-state index in [4.69, 9.17) is 11.5 Å². The summed E-state index contributed by atoms with van der Waals surface area (Å²) < 4.78 is 38.8. The van der Waals surface area contributed by atoms with Gasteiger partial charge in [0.2, 0.25) is 0 Å². The van der Waals surface area contributed by atoms with Gasteiger partial charge in [0, 0.05) is 50.0 Å². The molecule has 34 heavy (non-hydrogen) atoms. The number of hydrogen-bond donors (Lipinski definition) is 5. The summed E-state index contributed by atoms with van der Waals surface area (Å²) in [5.41, 5.74) is 11.8. The number of phenols is 1. The van der Waals surface area contributed by atoms with Crippen LogP contribution < -0.4 is 16.8 Å². The van der Waals surface area contributed by atoms with Crippen molar-refractivity contribution in [3.8, 4) is 5.75 Å². The summed E-state index contributed by atoms with van der Waals surface area (Å²) in [6.45, 7) is 7.21. The fourth-order valence-corrected chi connectivity index (χ4v) is 4.66. The Balaban J connectivity index is 1.55. The molecule has 2 saturated heterocycles. The minimum Gasteiger partial charge on any atom is -0.507 e. The number of aliphatic hydroxyl groups excluding tert-OH is 1. The number of benzene rings is 1. The van der Waals surface area contributed by atoms with Gasteiger partial charge in [-0.25, -0.2) is 0 Å². The largest absolute Gasteiger partial charge is 0.507 e. The first-order valence-electron chi connectivity index (χ1n) is 11.8. The second-order valence-corrected chi connectivity index (χ2v) is 9.29. The van der Waals surface area contributed by atoms with Crippen LogP contribution in [-0.4, -0.2) is 71.4 Å². The molecule has 2 fully saturated rings. The van der Waals surface area contributed by atoms with Gasteiger partial charge >= 0.3 is 6.18 Å². The van der Waals surface area contributed by atoms with Crippen LogP contribution in [0.15, 0.2) is 30.1 Å². The lowest BCUT2D eigenvalue weighted by Crippen LogP contribution is -2.49. The van der Waals surface area contributed by atoms with Gasteiger partial charge in [0.15, 0.2) is 0 Å². The summed E-state index contributed by atoms with van der Waals surface area (Å²) in [5, 5.41) is 23.1. The second-order valence-electron chi connectivity index (χ2n) is 9.29. The number of nitrogens with zero attached hydrogens (tertiary/aromatic N) is 2. The predicted molar refractivity (Wildman–Crippen MR) is 127 cm³/mol. The SMILES string of the molecule is Cc1cc(C(F)(F)F)cc(O)c1/C(N)=C/C=C(\N)NC1CCCN(CCN2CCC(O)CC2)C1. The van der Waals surface area contributed by atoms with Crippen molar-refractivity contribution in [2.45, 2.75) is 50.9 Å². The van der Waals surface area contributed by atoms with Gasteiger partial charge in [0.05, 0.1) is 17.5 Å². The average molecular weight is 484 g/mol. The number of nitrogens with one attached hydrogen (secondary N) is 1. The number of likely N-dealkylation sites (tertiary alicyclic amines) is 2. The highest BCUT2D eigenvalue weighted by Gasteiger charge is 2.32. The predicted octanol–water partition coefficient (Wildman–Crippen LogP) is 2.33. The highest BCUT2D eigenvalue weighted by atomic mass is 19.4. The first kappa shape index (κ1) is 26.2. The Morgan fingerprint density at radius 1 is 1.09 bits per heavy atom. The quantitative estimate of drug-likeness (QED) is 0.379. The summed E-state index contributed by atoms with van der Waals surface area (Å²) in [6, 6.07) is 1.82. The Labute approximate surface area is 198 Å². The van der Waals surface area contributed by atoms with Crippen molar-refractivity contribution in [1.82, 2.24) is 15.1 Å². The molecule has 1 aromatic carbocycles. The zero-order valence-corrected chi connectivity index (χ0v) is 19.6. The molecule has 0 aromatic heterocycles. The van der Waals surface area contributed by atoms with E-state index < -0.39 is 17.5 Å². The smallest absolute Gasteiger partial charge is 0.416 e. The Morgan fingerprint density at radius 3 is 2.41 bits per heavy atom. The first-order valence-corrected chi connectivity index (χ1v) is 11.8. The fraction of sp³-hybridized carbons (Fsp3) is 0.583. The number of aromatic hydroxyl groups is 1. The maximum Gasteiger partial charge on any atom is 0.416 e. The molecule has 7 N–H and O–H groups in total.